The standard InChI is InChI=1S/C24H22N4O2S/c1-16-6-5-7-20(14-16)28-22-9-4-3-8-21(22)27-24(28)31-15-23(30)26-19-12-10-18(11-13-19)25-17(2)29/h3-14H,15H2,1-2H3,(H,25,29)(H,26,30). The molecule has 0 saturated carbocycles. The molecule has 0 atom stereocenters. The molecule has 6 nitrogen and oxygen atoms in total. The van der Waals surface area contributed by atoms with Gasteiger partial charge in [-0.05, 0) is 61.0 Å². The minimum Gasteiger partial charge on any atom is -0.326 e. The third kappa shape index (κ3) is 4.95. The molecule has 4 aromatic rings. The number of imidazole rings is 1. The number of hydrogen-bond donors (Lipinski definition) is 2. The fourth-order valence-corrected chi connectivity index (χ4v) is 4.11. The summed E-state index contributed by atoms with van der Waals surface area (Å²) in [4.78, 5) is 28.4. The number of hydrogen-bond acceptors (Lipinski definition) is 4. The van der Waals surface area contributed by atoms with E-state index < -0.39 is 0 Å². The van der Waals surface area contributed by atoms with Crippen LogP contribution >= 0.6 is 11.8 Å². The lowest BCUT2D eigenvalue weighted by atomic mass is 10.2. The van der Waals surface area contributed by atoms with Crippen LogP contribution in [0.15, 0.2) is 78.0 Å². The maximum absolute atomic E-state index is 12.5. The molecule has 2 amide bonds. The molecular weight excluding hydrogens is 408 g/mol. The first-order chi connectivity index (χ1) is 15.0. The number of anilines is 2. The lowest BCUT2D eigenvalue weighted by molar-refractivity contribution is -0.114. The summed E-state index contributed by atoms with van der Waals surface area (Å²) in [7, 11) is 0. The summed E-state index contributed by atoms with van der Waals surface area (Å²) in [6, 6.07) is 23.2. The van der Waals surface area contributed by atoms with E-state index in [4.69, 9.17) is 4.98 Å². The van der Waals surface area contributed by atoms with Gasteiger partial charge in [0.15, 0.2) is 5.16 Å². The van der Waals surface area contributed by atoms with Gasteiger partial charge >= 0.3 is 0 Å². The SMILES string of the molecule is CC(=O)Nc1ccc(NC(=O)CSc2nc3ccccc3n2-c2cccc(C)c2)cc1. The quantitative estimate of drug-likeness (QED) is 0.421. The summed E-state index contributed by atoms with van der Waals surface area (Å²) in [5.41, 5.74) is 5.43. The molecule has 0 aliphatic rings. The van der Waals surface area contributed by atoms with E-state index in [1.807, 2.05) is 36.4 Å². The van der Waals surface area contributed by atoms with E-state index in [0.717, 1.165) is 27.4 Å². The lowest BCUT2D eigenvalue weighted by Gasteiger charge is -2.10. The van der Waals surface area contributed by atoms with Gasteiger partial charge in [0.1, 0.15) is 0 Å². The molecule has 3 aromatic carbocycles. The largest absolute Gasteiger partial charge is 0.326 e. The highest BCUT2D eigenvalue weighted by Crippen LogP contribution is 2.28. The third-order valence-corrected chi connectivity index (χ3v) is 5.55. The van der Waals surface area contributed by atoms with Crippen molar-refractivity contribution in [2.24, 2.45) is 0 Å². The molecule has 0 spiro atoms. The number of nitrogens with one attached hydrogen (secondary N) is 2. The van der Waals surface area contributed by atoms with Gasteiger partial charge in [-0.3, -0.25) is 14.2 Å². The molecule has 0 fully saturated rings. The lowest BCUT2D eigenvalue weighted by Crippen LogP contribution is -2.14. The van der Waals surface area contributed by atoms with Crippen LogP contribution < -0.4 is 10.6 Å². The summed E-state index contributed by atoms with van der Waals surface area (Å²) in [5.74, 6) is -0.0346. The molecule has 0 aliphatic carbocycles. The van der Waals surface area contributed by atoms with Gasteiger partial charge in [-0.15, -0.1) is 0 Å². The van der Waals surface area contributed by atoms with E-state index in [1.54, 1.807) is 24.3 Å². The highest BCUT2D eigenvalue weighted by atomic mass is 32.2. The highest BCUT2D eigenvalue weighted by Gasteiger charge is 2.14. The second-order valence-electron chi connectivity index (χ2n) is 7.15. The zero-order chi connectivity index (χ0) is 21.8. The monoisotopic (exact) mass is 430 g/mol. The zero-order valence-electron chi connectivity index (χ0n) is 17.3. The smallest absolute Gasteiger partial charge is 0.234 e. The third-order valence-electron chi connectivity index (χ3n) is 4.61. The number of fused-ring (bicyclic) bond motifs is 1. The number of amides is 2. The van der Waals surface area contributed by atoms with Gasteiger partial charge in [0, 0.05) is 24.0 Å². The molecule has 0 radical (unpaired) electrons. The minimum absolute atomic E-state index is 0.125. The predicted molar refractivity (Wildman–Crippen MR) is 126 cm³/mol. The van der Waals surface area contributed by atoms with E-state index in [9.17, 15) is 9.59 Å². The molecule has 2 N–H and O–H groups in total. The molecule has 0 bridgehead atoms. The maximum atomic E-state index is 12.5. The van der Waals surface area contributed by atoms with Gasteiger partial charge in [-0.1, -0.05) is 36.0 Å². The summed E-state index contributed by atoms with van der Waals surface area (Å²) in [5, 5.41) is 6.36. The van der Waals surface area contributed by atoms with Crippen molar-refractivity contribution in [3.63, 3.8) is 0 Å². The number of aryl methyl sites for hydroxylation is 1. The van der Waals surface area contributed by atoms with Crippen LogP contribution in [0.4, 0.5) is 11.4 Å². The van der Waals surface area contributed by atoms with E-state index in [-0.39, 0.29) is 17.6 Å². The van der Waals surface area contributed by atoms with Crippen LogP contribution in [0.2, 0.25) is 0 Å². The van der Waals surface area contributed by atoms with Crippen molar-refractivity contribution in [1.29, 1.82) is 0 Å². The highest BCUT2D eigenvalue weighted by molar-refractivity contribution is 7.99. The van der Waals surface area contributed by atoms with Crippen molar-refractivity contribution in [2.45, 2.75) is 19.0 Å². The van der Waals surface area contributed by atoms with E-state index >= 15 is 0 Å². The van der Waals surface area contributed by atoms with Crippen molar-refractivity contribution >= 4 is 46.0 Å². The Morgan fingerprint density at radius 2 is 1.65 bits per heavy atom. The predicted octanol–water partition coefficient (Wildman–Crippen LogP) is 5.02. The van der Waals surface area contributed by atoms with Crippen LogP contribution in [0.3, 0.4) is 0 Å². The van der Waals surface area contributed by atoms with Gasteiger partial charge < -0.3 is 10.6 Å². The zero-order valence-corrected chi connectivity index (χ0v) is 18.1. The van der Waals surface area contributed by atoms with Crippen molar-refractivity contribution in [3.8, 4) is 5.69 Å². The van der Waals surface area contributed by atoms with Crippen molar-refractivity contribution in [3.05, 3.63) is 78.4 Å². The first kappa shape index (κ1) is 20.7. The fraction of sp³-hybridized carbons (Fsp3) is 0.125. The van der Waals surface area contributed by atoms with Gasteiger partial charge in [0.2, 0.25) is 11.8 Å². The molecule has 156 valence electrons. The minimum atomic E-state index is -0.135. The van der Waals surface area contributed by atoms with Gasteiger partial charge in [-0.25, -0.2) is 4.98 Å². The first-order valence-electron chi connectivity index (χ1n) is 9.84. The number of carbonyl (C=O) groups excluding carboxylic acids is 2. The number of carbonyl (C=O) groups is 2. The number of aromatic nitrogens is 2. The fourth-order valence-electron chi connectivity index (χ4n) is 3.28. The Morgan fingerprint density at radius 3 is 2.35 bits per heavy atom. The summed E-state index contributed by atoms with van der Waals surface area (Å²) in [6.07, 6.45) is 0. The van der Waals surface area contributed by atoms with Crippen LogP contribution in [0.1, 0.15) is 12.5 Å². The van der Waals surface area contributed by atoms with Gasteiger partial charge in [-0.2, -0.15) is 0 Å². The van der Waals surface area contributed by atoms with Crippen molar-refractivity contribution < 1.29 is 9.59 Å². The Bertz CT molecular complexity index is 1250. The summed E-state index contributed by atoms with van der Waals surface area (Å²) >= 11 is 1.40. The second kappa shape index (κ2) is 9.06. The molecule has 7 heteroatoms. The van der Waals surface area contributed by atoms with Crippen LogP contribution in [0.5, 0.6) is 0 Å². The molecule has 0 aliphatic heterocycles. The van der Waals surface area contributed by atoms with Gasteiger partial charge in [0.05, 0.1) is 16.8 Å². The Labute approximate surface area is 184 Å². The van der Waals surface area contributed by atoms with Crippen molar-refractivity contribution in [1.82, 2.24) is 9.55 Å². The average Bonchev–Trinajstić information content (AvgIpc) is 3.12. The Kier molecular flexibility index (Phi) is 6.04. The average molecular weight is 431 g/mol. The van der Waals surface area contributed by atoms with E-state index in [2.05, 4.69) is 34.3 Å². The number of para-hydroxylation sites is 2. The summed E-state index contributed by atoms with van der Waals surface area (Å²) < 4.78 is 2.09. The van der Waals surface area contributed by atoms with E-state index in [0.29, 0.717) is 11.4 Å². The van der Waals surface area contributed by atoms with Crippen molar-refractivity contribution in [2.75, 3.05) is 16.4 Å². The number of thioether (sulfide) groups is 1. The number of benzene rings is 3. The molecule has 0 saturated heterocycles. The molecule has 1 aromatic heterocycles. The van der Waals surface area contributed by atoms with Crippen LogP contribution in [-0.2, 0) is 9.59 Å². The first-order valence-corrected chi connectivity index (χ1v) is 10.8. The second-order valence-corrected chi connectivity index (χ2v) is 8.10. The number of nitrogens with zero attached hydrogens (tertiary/aromatic N) is 2. The number of rotatable bonds is 6. The summed E-state index contributed by atoms with van der Waals surface area (Å²) in [6.45, 7) is 3.51. The maximum Gasteiger partial charge on any atom is 0.234 e. The Morgan fingerprint density at radius 1 is 0.935 bits per heavy atom. The molecule has 31 heavy (non-hydrogen) atoms. The topological polar surface area (TPSA) is 76.0 Å². The normalized spacial score (nSPS) is 10.8. The molecular formula is C24H22N4O2S. The molecule has 4 rings (SSSR count). The Balaban J connectivity index is 1.50. The molecule has 0 unspecified atom stereocenters. The van der Waals surface area contributed by atoms with E-state index in [1.165, 1.54) is 18.7 Å². The van der Waals surface area contributed by atoms with Crippen LogP contribution in [0.25, 0.3) is 16.7 Å². The van der Waals surface area contributed by atoms with Gasteiger partial charge in [0.25, 0.3) is 0 Å². The van der Waals surface area contributed by atoms with Crippen LogP contribution in [-0.4, -0.2) is 27.1 Å². The van der Waals surface area contributed by atoms with Crippen LogP contribution in [0, 0.1) is 6.92 Å². The molecule has 1 heterocycles. The Hall–Kier alpha value is -3.58.